The number of nitrogens with zero attached hydrogens (tertiary/aromatic N) is 4. The normalized spacial score (nSPS) is 10.1. The average molecular weight is 240 g/mol. The highest BCUT2D eigenvalue weighted by Crippen LogP contribution is 2.07. The molecule has 0 aliphatic rings. The Bertz CT molecular complexity index is 527. The van der Waals surface area contributed by atoms with E-state index < -0.39 is 5.91 Å². The van der Waals surface area contributed by atoms with Crippen LogP contribution in [0.25, 0.3) is 0 Å². The number of aromatic nitrogens is 4. The van der Waals surface area contributed by atoms with Crippen molar-refractivity contribution in [2.45, 2.75) is 6.92 Å². The largest absolute Gasteiger partial charge is 0.408 e. The maximum Gasteiger partial charge on any atom is 0.322 e. The molecule has 0 spiro atoms. The number of anilines is 1. The molecular formula is C8H6ClN5O2. The first kappa shape index (κ1) is 10.5. The molecule has 0 aliphatic carbocycles. The minimum absolute atomic E-state index is 0.00396. The number of amides is 1. The van der Waals surface area contributed by atoms with Gasteiger partial charge in [-0.25, -0.2) is 4.98 Å². The lowest BCUT2D eigenvalue weighted by Gasteiger charge is -1.98. The summed E-state index contributed by atoms with van der Waals surface area (Å²) in [5.74, 6) is -0.161. The first-order valence-corrected chi connectivity index (χ1v) is 4.62. The van der Waals surface area contributed by atoms with Gasteiger partial charge in [-0.15, -0.1) is 5.10 Å². The van der Waals surface area contributed by atoms with E-state index >= 15 is 0 Å². The predicted molar refractivity (Wildman–Crippen MR) is 54.0 cm³/mol. The number of carbonyl (C=O) groups is 1. The molecule has 2 aromatic rings. The van der Waals surface area contributed by atoms with Gasteiger partial charge < -0.3 is 4.42 Å². The Balaban J connectivity index is 2.14. The molecule has 0 unspecified atom stereocenters. The SMILES string of the molecule is Cc1nnc(NC(=O)c2cncc(Cl)n2)o1. The topological polar surface area (TPSA) is 93.8 Å². The van der Waals surface area contributed by atoms with Crippen molar-refractivity contribution in [3.05, 3.63) is 29.1 Å². The van der Waals surface area contributed by atoms with Gasteiger partial charge in [0, 0.05) is 6.92 Å². The smallest absolute Gasteiger partial charge is 0.322 e. The van der Waals surface area contributed by atoms with Crippen LogP contribution in [0.1, 0.15) is 16.4 Å². The Morgan fingerprint density at radius 2 is 2.25 bits per heavy atom. The molecule has 2 heterocycles. The summed E-state index contributed by atoms with van der Waals surface area (Å²) in [5, 5.41) is 9.66. The van der Waals surface area contributed by atoms with Crippen molar-refractivity contribution in [3.63, 3.8) is 0 Å². The van der Waals surface area contributed by atoms with E-state index in [9.17, 15) is 4.79 Å². The van der Waals surface area contributed by atoms with Crippen LogP contribution >= 0.6 is 11.6 Å². The summed E-state index contributed by atoms with van der Waals surface area (Å²) in [6.07, 6.45) is 2.61. The highest BCUT2D eigenvalue weighted by molar-refractivity contribution is 6.29. The highest BCUT2D eigenvalue weighted by Gasteiger charge is 2.12. The number of nitrogens with one attached hydrogen (secondary N) is 1. The van der Waals surface area contributed by atoms with Gasteiger partial charge in [-0.1, -0.05) is 16.7 Å². The maximum atomic E-state index is 11.6. The Morgan fingerprint density at radius 3 is 2.88 bits per heavy atom. The molecule has 16 heavy (non-hydrogen) atoms. The first-order valence-electron chi connectivity index (χ1n) is 4.24. The molecule has 0 aromatic carbocycles. The summed E-state index contributed by atoms with van der Waals surface area (Å²) in [5.41, 5.74) is 0.0725. The fourth-order valence-electron chi connectivity index (χ4n) is 0.960. The van der Waals surface area contributed by atoms with E-state index in [1.54, 1.807) is 6.92 Å². The van der Waals surface area contributed by atoms with Crippen molar-refractivity contribution in [1.29, 1.82) is 0 Å². The second-order valence-electron chi connectivity index (χ2n) is 2.81. The van der Waals surface area contributed by atoms with Gasteiger partial charge in [-0.05, 0) is 0 Å². The molecular weight excluding hydrogens is 234 g/mol. The Morgan fingerprint density at radius 1 is 1.44 bits per heavy atom. The van der Waals surface area contributed by atoms with Gasteiger partial charge >= 0.3 is 6.01 Å². The van der Waals surface area contributed by atoms with Crippen molar-refractivity contribution < 1.29 is 9.21 Å². The molecule has 7 nitrogen and oxygen atoms in total. The summed E-state index contributed by atoms with van der Waals surface area (Å²) in [6.45, 7) is 1.61. The number of halogens is 1. The van der Waals surface area contributed by atoms with Crippen LogP contribution in [0.5, 0.6) is 0 Å². The van der Waals surface area contributed by atoms with Crippen molar-refractivity contribution in [3.8, 4) is 0 Å². The van der Waals surface area contributed by atoms with Crippen LogP contribution in [0.2, 0.25) is 5.15 Å². The molecule has 2 rings (SSSR count). The Hall–Kier alpha value is -2.02. The van der Waals surface area contributed by atoms with Crippen LogP contribution in [-0.4, -0.2) is 26.1 Å². The molecule has 82 valence electrons. The average Bonchev–Trinajstić information content (AvgIpc) is 2.64. The standard InChI is InChI=1S/C8H6ClN5O2/c1-4-13-14-8(16-4)12-7(15)5-2-10-3-6(9)11-5/h2-3H,1H3,(H,12,14,15). The number of hydrogen-bond acceptors (Lipinski definition) is 6. The van der Waals surface area contributed by atoms with Crippen molar-refractivity contribution in [1.82, 2.24) is 20.2 Å². The van der Waals surface area contributed by atoms with Gasteiger partial charge in [0.2, 0.25) is 5.89 Å². The zero-order valence-corrected chi connectivity index (χ0v) is 8.89. The number of rotatable bonds is 2. The second kappa shape index (κ2) is 4.23. The fraction of sp³-hybridized carbons (Fsp3) is 0.125. The summed E-state index contributed by atoms with van der Waals surface area (Å²) >= 11 is 5.59. The van der Waals surface area contributed by atoms with E-state index in [0.717, 1.165) is 0 Å². The van der Waals surface area contributed by atoms with E-state index in [1.807, 2.05) is 0 Å². The van der Waals surface area contributed by atoms with Crippen LogP contribution in [0.4, 0.5) is 6.01 Å². The lowest BCUT2D eigenvalue weighted by molar-refractivity contribution is 0.101. The minimum Gasteiger partial charge on any atom is -0.408 e. The molecule has 0 saturated carbocycles. The zero-order chi connectivity index (χ0) is 11.5. The molecule has 0 saturated heterocycles. The monoisotopic (exact) mass is 239 g/mol. The van der Waals surface area contributed by atoms with Gasteiger partial charge in [0.05, 0.1) is 12.4 Å². The van der Waals surface area contributed by atoms with Gasteiger partial charge in [0.1, 0.15) is 10.8 Å². The molecule has 1 amide bonds. The van der Waals surface area contributed by atoms with Crippen LogP contribution in [0.3, 0.4) is 0 Å². The molecule has 0 bridgehead atoms. The third-order valence-corrected chi connectivity index (χ3v) is 1.77. The summed E-state index contributed by atoms with van der Waals surface area (Å²) in [6, 6.07) is 0.00396. The molecule has 0 aliphatic heterocycles. The zero-order valence-electron chi connectivity index (χ0n) is 8.14. The van der Waals surface area contributed by atoms with E-state index in [2.05, 4.69) is 25.5 Å². The first-order chi connectivity index (χ1) is 7.65. The molecule has 0 atom stereocenters. The highest BCUT2D eigenvalue weighted by atomic mass is 35.5. The third kappa shape index (κ3) is 2.31. The van der Waals surface area contributed by atoms with Crippen LogP contribution in [0.15, 0.2) is 16.8 Å². The van der Waals surface area contributed by atoms with Crippen molar-refractivity contribution in [2.75, 3.05) is 5.32 Å². The van der Waals surface area contributed by atoms with E-state index in [4.69, 9.17) is 16.0 Å². The molecule has 2 aromatic heterocycles. The predicted octanol–water partition coefficient (Wildman–Crippen LogP) is 1.07. The fourth-order valence-corrected chi connectivity index (χ4v) is 1.11. The third-order valence-electron chi connectivity index (χ3n) is 1.58. The van der Waals surface area contributed by atoms with Gasteiger partial charge in [0.15, 0.2) is 0 Å². The number of aryl methyl sites for hydroxylation is 1. The van der Waals surface area contributed by atoms with E-state index in [1.165, 1.54) is 12.4 Å². The van der Waals surface area contributed by atoms with Gasteiger partial charge in [-0.2, -0.15) is 0 Å². The molecule has 0 fully saturated rings. The Kier molecular flexibility index (Phi) is 2.78. The van der Waals surface area contributed by atoms with Crippen LogP contribution in [0, 0.1) is 6.92 Å². The van der Waals surface area contributed by atoms with Gasteiger partial charge in [0.25, 0.3) is 5.91 Å². The lowest BCUT2D eigenvalue weighted by Crippen LogP contribution is -2.14. The van der Waals surface area contributed by atoms with Crippen molar-refractivity contribution >= 4 is 23.5 Å². The molecule has 1 N–H and O–H groups in total. The summed E-state index contributed by atoms with van der Waals surface area (Å²) in [7, 11) is 0. The van der Waals surface area contributed by atoms with E-state index in [0.29, 0.717) is 5.89 Å². The lowest BCUT2D eigenvalue weighted by atomic mass is 10.4. The van der Waals surface area contributed by atoms with E-state index in [-0.39, 0.29) is 16.9 Å². The quantitative estimate of drug-likeness (QED) is 0.843. The maximum absolute atomic E-state index is 11.6. The Labute approximate surface area is 94.9 Å². The van der Waals surface area contributed by atoms with Crippen molar-refractivity contribution in [2.24, 2.45) is 0 Å². The number of hydrogen-bond donors (Lipinski definition) is 1. The summed E-state index contributed by atoms with van der Waals surface area (Å²) < 4.78 is 4.97. The van der Waals surface area contributed by atoms with Crippen LogP contribution in [-0.2, 0) is 0 Å². The summed E-state index contributed by atoms with van der Waals surface area (Å²) in [4.78, 5) is 19.1. The second-order valence-corrected chi connectivity index (χ2v) is 3.19. The minimum atomic E-state index is -0.515. The number of carbonyl (C=O) groups excluding carboxylic acids is 1. The molecule has 0 radical (unpaired) electrons. The van der Waals surface area contributed by atoms with Gasteiger partial charge in [-0.3, -0.25) is 15.1 Å². The molecule has 8 heteroatoms. The van der Waals surface area contributed by atoms with Crippen LogP contribution < -0.4 is 5.32 Å².